The zero-order valence-corrected chi connectivity index (χ0v) is 10.7. The average Bonchev–Trinajstić information content (AvgIpc) is 2.28. The summed E-state index contributed by atoms with van der Waals surface area (Å²) < 4.78 is 0.726. The van der Waals surface area contributed by atoms with E-state index >= 15 is 0 Å². The van der Waals surface area contributed by atoms with Crippen LogP contribution in [0, 0.1) is 18.3 Å². The molecule has 1 aromatic carbocycles. The van der Waals surface area contributed by atoms with Gasteiger partial charge in [-0.3, -0.25) is 0 Å². The van der Waals surface area contributed by atoms with Crippen molar-refractivity contribution in [2.75, 3.05) is 5.32 Å². The lowest BCUT2D eigenvalue weighted by atomic mass is 10.2. The van der Waals surface area contributed by atoms with E-state index in [0.29, 0.717) is 17.2 Å². The molecule has 1 N–H and O–H groups in total. The fraction of sp³-hybridized carbons (Fsp3) is 0.0833. The number of aromatic nitrogens is 2. The Kier molecular flexibility index (Phi) is 3.35. The van der Waals surface area contributed by atoms with Crippen molar-refractivity contribution in [1.29, 1.82) is 5.26 Å². The standard InChI is InChI=1S/C12H9BrN4/c1-8-15-11(13)6-12(16-8)17-10-4-2-3-9(5-10)7-14/h2-6H,1H3,(H,15,16,17). The molecule has 1 heterocycles. The van der Waals surface area contributed by atoms with Crippen LogP contribution < -0.4 is 5.32 Å². The average molecular weight is 289 g/mol. The molecule has 0 aliphatic heterocycles. The molecule has 0 saturated carbocycles. The molecule has 84 valence electrons. The largest absolute Gasteiger partial charge is 0.340 e. The number of nitriles is 1. The Hall–Kier alpha value is -1.93. The summed E-state index contributed by atoms with van der Waals surface area (Å²) in [5.41, 5.74) is 1.44. The molecule has 2 rings (SSSR count). The summed E-state index contributed by atoms with van der Waals surface area (Å²) in [7, 11) is 0. The molecule has 0 fully saturated rings. The summed E-state index contributed by atoms with van der Waals surface area (Å²) >= 11 is 3.31. The number of anilines is 2. The summed E-state index contributed by atoms with van der Waals surface area (Å²) in [5, 5.41) is 11.9. The number of aryl methyl sites for hydroxylation is 1. The van der Waals surface area contributed by atoms with Gasteiger partial charge < -0.3 is 5.32 Å². The Morgan fingerprint density at radius 3 is 2.82 bits per heavy atom. The number of nitrogens with zero attached hydrogens (tertiary/aromatic N) is 3. The van der Waals surface area contributed by atoms with Gasteiger partial charge in [0.05, 0.1) is 11.6 Å². The van der Waals surface area contributed by atoms with E-state index in [0.717, 1.165) is 10.3 Å². The van der Waals surface area contributed by atoms with E-state index in [9.17, 15) is 0 Å². The number of rotatable bonds is 2. The molecule has 2 aromatic rings. The van der Waals surface area contributed by atoms with Crippen molar-refractivity contribution in [3.8, 4) is 6.07 Å². The molecule has 5 heteroatoms. The fourth-order valence-corrected chi connectivity index (χ4v) is 1.88. The molecule has 0 aliphatic carbocycles. The van der Waals surface area contributed by atoms with Crippen LogP contribution in [0.3, 0.4) is 0 Å². The highest BCUT2D eigenvalue weighted by atomic mass is 79.9. The SMILES string of the molecule is Cc1nc(Br)cc(Nc2cccc(C#N)c2)n1. The van der Waals surface area contributed by atoms with E-state index < -0.39 is 0 Å². The molecule has 0 unspecified atom stereocenters. The maximum atomic E-state index is 8.81. The lowest BCUT2D eigenvalue weighted by Crippen LogP contribution is -1.97. The second-order valence-electron chi connectivity index (χ2n) is 3.44. The van der Waals surface area contributed by atoms with E-state index in [1.165, 1.54) is 0 Å². The maximum Gasteiger partial charge on any atom is 0.135 e. The quantitative estimate of drug-likeness (QED) is 0.863. The van der Waals surface area contributed by atoms with Crippen LogP contribution >= 0.6 is 15.9 Å². The van der Waals surface area contributed by atoms with Gasteiger partial charge in [-0.2, -0.15) is 5.26 Å². The van der Waals surface area contributed by atoms with Gasteiger partial charge in [0.2, 0.25) is 0 Å². The predicted octanol–water partition coefficient (Wildman–Crippen LogP) is 3.16. The van der Waals surface area contributed by atoms with Crippen LogP contribution in [0.2, 0.25) is 0 Å². The summed E-state index contributed by atoms with van der Waals surface area (Å²) in [6, 6.07) is 11.1. The molecule has 17 heavy (non-hydrogen) atoms. The lowest BCUT2D eigenvalue weighted by Gasteiger charge is -2.06. The Balaban J connectivity index is 2.28. The highest BCUT2D eigenvalue weighted by Gasteiger charge is 2.01. The first kappa shape index (κ1) is 11.6. The predicted molar refractivity (Wildman–Crippen MR) is 68.9 cm³/mol. The molecule has 0 atom stereocenters. The van der Waals surface area contributed by atoms with Crippen molar-refractivity contribution in [1.82, 2.24) is 9.97 Å². The first-order chi connectivity index (χ1) is 8.17. The van der Waals surface area contributed by atoms with E-state index in [4.69, 9.17) is 5.26 Å². The fourth-order valence-electron chi connectivity index (χ4n) is 1.41. The number of hydrogen-bond donors (Lipinski definition) is 1. The topological polar surface area (TPSA) is 61.6 Å². The highest BCUT2D eigenvalue weighted by molar-refractivity contribution is 9.10. The molecule has 4 nitrogen and oxygen atoms in total. The van der Waals surface area contributed by atoms with E-state index in [2.05, 4.69) is 37.3 Å². The number of hydrogen-bond acceptors (Lipinski definition) is 4. The van der Waals surface area contributed by atoms with Crippen LogP contribution in [0.25, 0.3) is 0 Å². The monoisotopic (exact) mass is 288 g/mol. The normalized spacial score (nSPS) is 9.71. The molecule has 0 aliphatic rings. The first-order valence-corrected chi connectivity index (χ1v) is 5.75. The lowest BCUT2D eigenvalue weighted by molar-refractivity contribution is 1.04. The minimum Gasteiger partial charge on any atom is -0.340 e. The van der Waals surface area contributed by atoms with E-state index in [-0.39, 0.29) is 0 Å². The van der Waals surface area contributed by atoms with Crippen LogP contribution in [-0.4, -0.2) is 9.97 Å². The molecular weight excluding hydrogens is 280 g/mol. The van der Waals surface area contributed by atoms with Gasteiger partial charge in [0, 0.05) is 11.8 Å². The first-order valence-electron chi connectivity index (χ1n) is 4.96. The molecular formula is C12H9BrN4. The van der Waals surface area contributed by atoms with E-state index in [1.54, 1.807) is 18.2 Å². The molecule has 0 saturated heterocycles. The van der Waals surface area contributed by atoms with Gasteiger partial charge in [-0.25, -0.2) is 9.97 Å². The zero-order valence-electron chi connectivity index (χ0n) is 9.11. The van der Waals surface area contributed by atoms with Crippen molar-refractivity contribution < 1.29 is 0 Å². The minimum atomic E-state index is 0.611. The van der Waals surface area contributed by atoms with E-state index in [1.807, 2.05) is 19.1 Å². The summed E-state index contributed by atoms with van der Waals surface area (Å²) in [4.78, 5) is 8.37. The van der Waals surface area contributed by atoms with Crippen molar-refractivity contribution in [2.45, 2.75) is 6.92 Å². The summed E-state index contributed by atoms with van der Waals surface area (Å²) in [6.45, 7) is 1.82. The third kappa shape index (κ3) is 3.02. The van der Waals surface area contributed by atoms with Crippen LogP contribution in [0.5, 0.6) is 0 Å². The maximum absolute atomic E-state index is 8.81. The third-order valence-electron chi connectivity index (χ3n) is 2.07. The number of benzene rings is 1. The molecule has 0 amide bonds. The van der Waals surface area contributed by atoms with Gasteiger partial charge in [-0.1, -0.05) is 6.07 Å². The summed E-state index contributed by atoms with van der Waals surface area (Å²) in [6.07, 6.45) is 0. The second-order valence-corrected chi connectivity index (χ2v) is 4.25. The Labute approximate surface area is 107 Å². The Morgan fingerprint density at radius 1 is 1.29 bits per heavy atom. The summed E-state index contributed by atoms with van der Waals surface area (Å²) in [5.74, 6) is 1.37. The van der Waals surface area contributed by atoms with Gasteiger partial charge in [0.25, 0.3) is 0 Å². The molecule has 0 spiro atoms. The van der Waals surface area contributed by atoms with Gasteiger partial charge in [-0.05, 0) is 41.1 Å². The zero-order chi connectivity index (χ0) is 12.3. The van der Waals surface area contributed by atoms with Gasteiger partial charge >= 0.3 is 0 Å². The van der Waals surface area contributed by atoms with Crippen LogP contribution in [0.1, 0.15) is 11.4 Å². The molecule has 0 bridgehead atoms. The van der Waals surface area contributed by atoms with Gasteiger partial charge in [-0.15, -0.1) is 0 Å². The Morgan fingerprint density at radius 2 is 2.12 bits per heavy atom. The van der Waals surface area contributed by atoms with Crippen molar-refractivity contribution in [2.24, 2.45) is 0 Å². The van der Waals surface area contributed by atoms with Crippen LogP contribution in [0.4, 0.5) is 11.5 Å². The van der Waals surface area contributed by atoms with Gasteiger partial charge in [0.1, 0.15) is 16.2 Å². The van der Waals surface area contributed by atoms with Crippen molar-refractivity contribution in [3.05, 3.63) is 46.3 Å². The van der Waals surface area contributed by atoms with Crippen molar-refractivity contribution >= 4 is 27.4 Å². The molecule has 0 radical (unpaired) electrons. The van der Waals surface area contributed by atoms with Crippen LogP contribution in [0.15, 0.2) is 34.9 Å². The highest BCUT2D eigenvalue weighted by Crippen LogP contribution is 2.18. The number of nitrogens with one attached hydrogen (secondary N) is 1. The minimum absolute atomic E-state index is 0.611. The van der Waals surface area contributed by atoms with Crippen molar-refractivity contribution in [3.63, 3.8) is 0 Å². The van der Waals surface area contributed by atoms with Gasteiger partial charge in [0.15, 0.2) is 0 Å². The smallest absolute Gasteiger partial charge is 0.135 e. The number of halogens is 1. The second kappa shape index (κ2) is 4.93. The van der Waals surface area contributed by atoms with Crippen LogP contribution in [-0.2, 0) is 0 Å². The molecule has 1 aromatic heterocycles. The Bertz CT molecular complexity index is 569. The third-order valence-corrected chi connectivity index (χ3v) is 2.48.